The summed E-state index contributed by atoms with van der Waals surface area (Å²) in [7, 11) is 6.36. The first-order valence-corrected chi connectivity index (χ1v) is 33.8. The number of hydrogen-bond acceptors (Lipinski definition) is 15. The predicted molar refractivity (Wildman–Crippen MR) is 365 cm³/mol. The zero-order valence-corrected chi connectivity index (χ0v) is 59.5. The maximum absolute atomic E-state index is 14.0. The van der Waals surface area contributed by atoms with Crippen LogP contribution in [0.1, 0.15) is 151 Å². The van der Waals surface area contributed by atoms with Crippen molar-refractivity contribution in [3.05, 3.63) is 77.9 Å². The highest BCUT2D eigenvalue weighted by atomic mass is 16.6. The zero-order chi connectivity index (χ0) is 72.8. The number of carbonyl (C=O) groups excluding carboxylic acids is 11. The maximum Gasteiger partial charge on any atom is 0.410 e. The van der Waals surface area contributed by atoms with E-state index < -0.39 is 78.0 Å². The molecule has 2 heterocycles. The van der Waals surface area contributed by atoms with E-state index in [0.717, 1.165) is 29.7 Å². The Balaban J connectivity index is 0.000000750. The van der Waals surface area contributed by atoms with Gasteiger partial charge in [-0.05, 0) is 91.9 Å². The number of urea groups is 1. The van der Waals surface area contributed by atoms with E-state index in [1.807, 2.05) is 51.1 Å². The lowest BCUT2D eigenvalue weighted by atomic mass is 9.90. The molecule has 0 aliphatic carbocycles. The topological polar surface area (TPSA) is 364 Å². The van der Waals surface area contributed by atoms with E-state index in [4.69, 9.17) is 19.9 Å². The van der Waals surface area contributed by atoms with Crippen molar-refractivity contribution in [1.29, 1.82) is 0 Å². The molecular formula is C70H109N11O16. The third-order valence-electron chi connectivity index (χ3n) is 17.7. The van der Waals surface area contributed by atoms with E-state index in [1.165, 1.54) is 38.1 Å². The van der Waals surface area contributed by atoms with Crippen molar-refractivity contribution < 1.29 is 76.9 Å². The molecule has 1 saturated heterocycles. The molecule has 9 N–H and O–H groups in total. The molecule has 0 bridgehead atoms. The SMILES string of the molecule is CC[C@H](C)[C@@H]([C@@H](CC)OC)N(C)C(=O)[C@@H](NC(=O)[C@H](C(C)C)N(C)C(=O)OCc1ccc(NC(=O)[C@H](CCCNC(N)=O)NC(=O)[C@@H](NC(=O)CCCCCN2C(=O)C=CC2=O)C(C)C)cc1)C(C)C.CO[C@H]([C@@H](C)C(=O)N[C@@H](Cc1ccccc1)C(=O)O)[C@@H]1CCCN1C(C)=O. The van der Waals surface area contributed by atoms with Crippen LogP contribution >= 0.6 is 0 Å². The van der Waals surface area contributed by atoms with Gasteiger partial charge in [-0.15, -0.1) is 0 Å². The van der Waals surface area contributed by atoms with Gasteiger partial charge in [-0.3, -0.25) is 53.0 Å². The predicted octanol–water partition coefficient (Wildman–Crippen LogP) is 5.68. The molecule has 540 valence electrons. The monoisotopic (exact) mass is 1360 g/mol. The molecule has 0 unspecified atom stereocenters. The average Bonchev–Trinajstić information content (AvgIpc) is 1.76. The highest BCUT2D eigenvalue weighted by molar-refractivity contribution is 6.12. The summed E-state index contributed by atoms with van der Waals surface area (Å²) >= 11 is 0. The van der Waals surface area contributed by atoms with Crippen LogP contribution in [0.2, 0.25) is 0 Å². The molecule has 0 saturated carbocycles. The molecule has 27 nitrogen and oxygen atoms in total. The highest BCUT2D eigenvalue weighted by Gasteiger charge is 2.41. The molecule has 97 heavy (non-hydrogen) atoms. The molecule has 12 amide bonds. The van der Waals surface area contributed by atoms with E-state index in [0.29, 0.717) is 43.5 Å². The van der Waals surface area contributed by atoms with Gasteiger partial charge in [0.1, 0.15) is 36.8 Å². The Morgan fingerprint density at radius 1 is 0.680 bits per heavy atom. The lowest BCUT2D eigenvalue weighted by Gasteiger charge is -2.40. The number of nitrogens with two attached hydrogens (primary N) is 1. The van der Waals surface area contributed by atoms with Gasteiger partial charge in [0.05, 0.1) is 30.2 Å². The third kappa shape index (κ3) is 26.1. The number of methoxy groups -OCH3 is 2. The number of aliphatic carboxylic acids is 1. The summed E-state index contributed by atoms with van der Waals surface area (Å²) in [5.74, 6) is -5.89. The second kappa shape index (κ2) is 41.6. The lowest BCUT2D eigenvalue weighted by molar-refractivity contribution is -0.144. The number of nitrogens with one attached hydrogen (secondary N) is 6. The number of carboxylic acids is 1. The quantitative estimate of drug-likeness (QED) is 0.0296. The second-order valence-corrected chi connectivity index (χ2v) is 26.0. The molecule has 0 aromatic heterocycles. The van der Waals surface area contributed by atoms with E-state index in [1.54, 1.807) is 82.8 Å². The summed E-state index contributed by atoms with van der Waals surface area (Å²) in [6.45, 7) is 21.1. The molecule has 0 spiro atoms. The minimum atomic E-state index is -1.08. The third-order valence-corrected chi connectivity index (χ3v) is 17.7. The molecule has 1 fully saturated rings. The Morgan fingerprint density at radius 2 is 1.30 bits per heavy atom. The maximum atomic E-state index is 14.0. The van der Waals surface area contributed by atoms with Crippen molar-refractivity contribution in [2.24, 2.45) is 35.3 Å². The number of unbranched alkanes of at least 4 members (excludes halogenated alkanes) is 2. The molecule has 2 aromatic carbocycles. The van der Waals surface area contributed by atoms with Crippen LogP contribution in [0.4, 0.5) is 15.3 Å². The van der Waals surface area contributed by atoms with Crippen molar-refractivity contribution in [2.45, 2.75) is 208 Å². The van der Waals surface area contributed by atoms with Gasteiger partial charge in [-0.2, -0.15) is 0 Å². The fourth-order valence-corrected chi connectivity index (χ4v) is 12.0. The Kier molecular flexibility index (Phi) is 35.5. The van der Waals surface area contributed by atoms with Crippen LogP contribution in [0.25, 0.3) is 0 Å². The van der Waals surface area contributed by atoms with Gasteiger partial charge in [0.15, 0.2) is 0 Å². The van der Waals surface area contributed by atoms with Gasteiger partial charge in [0.2, 0.25) is 41.4 Å². The molecule has 27 heteroatoms. The second-order valence-electron chi connectivity index (χ2n) is 26.0. The fourth-order valence-electron chi connectivity index (χ4n) is 12.0. The Hall–Kier alpha value is -8.46. The van der Waals surface area contributed by atoms with Crippen molar-refractivity contribution >= 4 is 76.9 Å². The van der Waals surface area contributed by atoms with Crippen LogP contribution in [0, 0.1) is 29.6 Å². The number of likely N-dealkylation sites (tertiary alicyclic amines) is 1. The fraction of sp³-hybridized carbons (Fsp3) is 0.629. The van der Waals surface area contributed by atoms with E-state index in [-0.39, 0.29) is 123 Å². The smallest absolute Gasteiger partial charge is 0.410 e. The van der Waals surface area contributed by atoms with Crippen LogP contribution in [0.3, 0.4) is 0 Å². The van der Waals surface area contributed by atoms with Crippen LogP contribution in [0.15, 0.2) is 66.7 Å². The molecule has 11 atom stereocenters. The summed E-state index contributed by atoms with van der Waals surface area (Å²) in [6, 6.07) is 9.61. The minimum Gasteiger partial charge on any atom is -0.480 e. The molecule has 4 rings (SSSR count). The largest absolute Gasteiger partial charge is 0.480 e. The number of carboxylic acid groups (broad SMARTS) is 1. The Bertz CT molecular complexity index is 2940. The number of ether oxygens (including phenoxy) is 3. The number of nitrogens with zero attached hydrogens (tertiary/aromatic N) is 4. The Morgan fingerprint density at radius 3 is 1.84 bits per heavy atom. The molecule has 2 aliphatic rings. The normalized spacial score (nSPS) is 16.7. The number of primary amides is 1. The minimum absolute atomic E-state index is 0.0420. The molecule has 2 aromatic rings. The molecule has 0 radical (unpaired) electrons. The van der Waals surface area contributed by atoms with Gasteiger partial charge < -0.3 is 66.8 Å². The lowest BCUT2D eigenvalue weighted by Crippen LogP contribution is -2.60. The van der Waals surface area contributed by atoms with Gasteiger partial charge >= 0.3 is 18.1 Å². The first-order valence-electron chi connectivity index (χ1n) is 33.8. The first kappa shape index (κ1) is 82.8. The number of hydrogen-bond donors (Lipinski definition) is 8. The van der Waals surface area contributed by atoms with E-state index in [2.05, 4.69) is 45.7 Å². The number of anilines is 1. The van der Waals surface area contributed by atoms with E-state index >= 15 is 0 Å². The van der Waals surface area contributed by atoms with Gasteiger partial charge in [-0.25, -0.2) is 14.4 Å². The van der Waals surface area contributed by atoms with Gasteiger partial charge in [0.25, 0.3) is 11.8 Å². The number of rotatable bonds is 38. The summed E-state index contributed by atoms with van der Waals surface area (Å²) < 4.78 is 16.9. The molecule has 2 aliphatic heterocycles. The van der Waals surface area contributed by atoms with Crippen LogP contribution in [-0.2, 0) is 75.2 Å². The summed E-state index contributed by atoms with van der Waals surface area (Å²) in [4.78, 5) is 158. The number of amides is 12. The molecular weight excluding hydrogens is 1250 g/mol. The van der Waals surface area contributed by atoms with Crippen LogP contribution in [-0.4, -0.2) is 198 Å². The standard InChI is InChI=1S/C50H81N9O11.C20H28N2O5/c1-13-33(9)44(37(14-2)69-12)57(10)48(66)42(31(5)6)56-47(65)43(32(7)8)58(11)50(68)70-29-34-21-23-35(24-22-34)53-45(63)36(19-18-27-52-49(51)67)54-46(64)41(30(3)4)55-38(60)20-16-15-17-28-59-39(61)25-26-40(59)62;1-13(18(27-3)17-10-7-11-22(17)14(2)23)19(24)21-16(20(25)26)12-15-8-5-4-6-9-15/h21-26,30-33,36-37,41-44H,13-20,27-29H2,1-12H3,(H,53,63)(H,54,64)(H,55,60)(H,56,65)(H3,51,52,67);4-6,8-9,13,16-18H,7,10-12H2,1-3H3,(H,21,24)(H,25,26)/t33-,36-,37+,41-,42-,43-,44-;13-,16+,17+,18-/m01/s1. The highest BCUT2D eigenvalue weighted by Crippen LogP contribution is 2.28. The van der Waals surface area contributed by atoms with Gasteiger partial charge in [-0.1, -0.05) is 125 Å². The van der Waals surface area contributed by atoms with Crippen molar-refractivity contribution in [1.82, 2.24) is 46.2 Å². The van der Waals surface area contributed by atoms with Crippen molar-refractivity contribution in [3.8, 4) is 0 Å². The van der Waals surface area contributed by atoms with Gasteiger partial charge in [0, 0.05) is 85.6 Å². The summed E-state index contributed by atoms with van der Waals surface area (Å²) in [5.41, 5.74) is 6.98. The first-order chi connectivity index (χ1) is 45.8. The average molecular weight is 1360 g/mol. The van der Waals surface area contributed by atoms with Crippen LogP contribution < -0.4 is 37.6 Å². The zero-order valence-electron chi connectivity index (χ0n) is 59.5. The van der Waals surface area contributed by atoms with Crippen LogP contribution in [0.5, 0.6) is 0 Å². The van der Waals surface area contributed by atoms with E-state index in [9.17, 15) is 62.6 Å². The van der Waals surface area contributed by atoms with Crippen molar-refractivity contribution in [3.63, 3.8) is 0 Å². The number of imide groups is 1. The Labute approximate surface area is 572 Å². The summed E-state index contributed by atoms with van der Waals surface area (Å²) in [5, 5.41) is 25.8. The number of carbonyl (C=O) groups is 12. The number of likely N-dealkylation sites (N-methyl/N-ethyl adjacent to an activating group) is 2. The van der Waals surface area contributed by atoms with Crippen molar-refractivity contribution in [2.75, 3.05) is 53.3 Å². The summed E-state index contributed by atoms with van der Waals surface area (Å²) in [6.07, 6.45) is 6.44. The number of benzene rings is 2.